The molecule has 1 aliphatic heterocycles. The fourth-order valence-corrected chi connectivity index (χ4v) is 5.36. The van der Waals surface area contributed by atoms with Gasteiger partial charge < -0.3 is 0 Å². The van der Waals surface area contributed by atoms with Crippen LogP contribution in [0.4, 0.5) is 0 Å². The van der Waals surface area contributed by atoms with Gasteiger partial charge in [-0.15, -0.1) is 0 Å². The number of carbonyl (C=O) groups is 2. The first-order valence-electron chi connectivity index (χ1n) is 16.1. The summed E-state index contributed by atoms with van der Waals surface area (Å²) in [7, 11) is 1.17. The molecule has 0 radical (unpaired) electrons. The van der Waals surface area contributed by atoms with Gasteiger partial charge in [-0.25, -0.2) is 18.3 Å². The summed E-state index contributed by atoms with van der Waals surface area (Å²) in [5.74, 6) is 3.68. The molecule has 3 heterocycles. The van der Waals surface area contributed by atoms with Crippen LogP contribution in [0.3, 0.4) is 0 Å². The molecule has 2 aromatic heterocycles. The number of hydrogen-bond acceptors (Lipinski definition) is 3. The van der Waals surface area contributed by atoms with Crippen molar-refractivity contribution < 1.29 is 28.3 Å². The Labute approximate surface area is 290 Å². The minimum absolute atomic E-state index is 0. The fourth-order valence-electron chi connectivity index (χ4n) is 5.36. The first kappa shape index (κ1) is 48.3. The van der Waals surface area contributed by atoms with E-state index in [0.717, 1.165) is 48.6 Å². The molecule has 1 fully saturated rings. The molecule has 0 bridgehead atoms. The Morgan fingerprint density at radius 3 is 1.96 bits per heavy atom. The molecule has 8 nitrogen and oxygen atoms in total. The molecule has 0 spiro atoms. The molecule has 2 aromatic rings. The topological polar surface area (TPSA) is 75.0 Å². The van der Waals surface area contributed by atoms with Gasteiger partial charge in [-0.3, -0.25) is 9.59 Å². The van der Waals surface area contributed by atoms with Crippen molar-refractivity contribution in [1.29, 1.82) is 0 Å². The maximum absolute atomic E-state index is 11.1. The summed E-state index contributed by atoms with van der Waals surface area (Å²) in [5.41, 5.74) is 0.973. The number of aromatic nitrogens is 4. The third kappa shape index (κ3) is 19.4. The molecule has 9 heteroatoms. The number of rotatable bonds is 11. The number of carbonyl (C=O) groups excluding carboxylic acids is 2. The van der Waals surface area contributed by atoms with Crippen LogP contribution < -0.4 is 9.13 Å². The predicted molar refractivity (Wildman–Crippen MR) is 201 cm³/mol. The molecule has 268 valence electrons. The van der Waals surface area contributed by atoms with Gasteiger partial charge >= 0.3 is 79.8 Å². The van der Waals surface area contributed by atoms with Gasteiger partial charge in [0, 0.05) is 0 Å². The van der Waals surface area contributed by atoms with Crippen molar-refractivity contribution in [2.45, 2.75) is 143 Å². The number of hydrogen-bond donors (Lipinski definition) is 1. The van der Waals surface area contributed by atoms with E-state index in [2.05, 4.69) is 74.0 Å². The van der Waals surface area contributed by atoms with E-state index in [1.807, 2.05) is 46.3 Å². The zero-order valence-corrected chi connectivity index (χ0v) is 28.0. The van der Waals surface area contributed by atoms with Crippen LogP contribution in [0.5, 0.6) is 0 Å². The molecule has 47 heavy (non-hydrogen) atoms. The zero-order valence-electron chi connectivity index (χ0n) is 28.0. The molecule has 2 unspecified atom stereocenters. The zero-order chi connectivity index (χ0) is 31.9. The third-order valence-corrected chi connectivity index (χ3v) is 8.03. The monoisotopic (exact) mass is 659 g/mol. The van der Waals surface area contributed by atoms with Crippen LogP contribution in [0, 0.1) is 23.7 Å². The van der Waals surface area contributed by atoms with Gasteiger partial charge in [0.1, 0.15) is 37.9 Å². The number of allylic oxidation sites excluding steroid dienone is 1. The summed E-state index contributed by atoms with van der Waals surface area (Å²) < 4.78 is 10.4. The summed E-state index contributed by atoms with van der Waals surface area (Å²) in [4.78, 5) is 21.8. The molecule has 4 rings (SSSR count). The first-order valence-corrected chi connectivity index (χ1v) is 16.1. The quantitative estimate of drug-likeness (QED) is 0.215. The normalized spacial score (nSPS) is 17.1. The molecule has 0 amide bonds. The number of nitrogens with zero attached hydrogens (tertiary/aromatic N) is 5. The first-order chi connectivity index (χ1) is 20.4. The fraction of sp³-hybridized carbons (Fsp3) is 0.684. The Balaban J connectivity index is -0.000000607. The second-order valence-electron chi connectivity index (χ2n) is 13.3. The third-order valence-electron chi connectivity index (χ3n) is 8.03. The predicted octanol–water partition coefficient (Wildman–Crippen LogP) is 6.74. The van der Waals surface area contributed by atoms with Crippen molar-refractivity contribution in [3.63, 3.8) is 0 Å². The van der Waals surface area contributed by atoms with Gasteiger partial charge in [-0.05, 0) is 64.7 Å². The minimum atomic E-state index is 0. The molecule has 2 atom stereocenters. The number of imidazole rings is 2. The van der Waals surface area contributed by atoms with E-state index in [0.29, 0.717) is 19.1 Å². The summed E-state index contributed by atoms with van der Waals surface area (Å²) in [6, 6.07) is 0.457. The van der Waals surface area contributed by atoms with Crippen molar-refractivity contribution >= 4 is 30.4 Å². The van der Waals surface area contributed by atoms with Gasteiger partial charge in [0.05, 0.1) is 12.6 Å². The maximum atomic E-state index is 11.1. The van der Waals surface area contributed by atoms with E-state index in [1.54, 1.807) is 13.8 Å². The van der Waals surface area contributed by atoms with Crippen molar-refractivity contribution in [2.75, 3.05) is 6.54 Å². The van der Waals surface area contributed by atoms with Gasteiger partial charge in [0.25, 0.3) is 0 Å². The molecule has 2 aliphatic rings. The van der Waals surface area contributed by atoms with Crippen LogP contribution in [-0.2, 0) is 29.2 Å². The number of ketones is 2. The van der Waals surface area contributed by atoms with E-state index in [-0.39, 0.29) is 41.3 Å². The Morgan fingerprint density at radius 1 is 0.915 bits per heavy atom. The van der Waals surface area contributed by atoms with Crippen molar-refractivity contribution in [2.24, 2.45) is 23.7 Å². The van der Waals surface area contributed by atoms with E-state index in [4.69, 9.17) is 5.02 Å². The van der Waals surface area contributed by atoms with Crippen LogP contribution in [0.25, 0.3) is 0 Å². The molecular weight excluding hydrogens is 585 g/mol. The summed E-state index contributed by atoms with van der Waals surface area (Å²) in [6.45, 7) is 19.7. The Bertz CT molecular complexity index is 1240. The summed E-state index contributed by atoms with van der Waals surface area (Å²) >= 11 is 0. The summed E-state index contributed by atoms with van der Waals surface area (Å²) in [6.07, 6.45) is 24.2. The van der Waals surface area contributed by atoms with Gasteiger partial charge in [0.2, 0.25) is 12.7 Å². The van der Waals surface area contributed by atoms with Gasteiger partial charge in [-0.1, -0.05) is 43.6 Å². The molecule has 0 aromatic carbocycles. The standard InChI is InChI=1S/C15H25N2O.C10H17BNO.C9H15N2O.4CH4/c1-12(2)15-5-4-14(8-15)10-17-7-6-16(11-17)9-13(3)18;1-9(2)3-6-12-7-4-10(11-13)5-8-12;1-8(2)11-5-4-10(7-11)6-9(3)12;;;;/h6-7,11-12,14-15H,4-5,8-10H2,1-3H3;4,7-9,13H,3,5-6H2,1-2H3;4-5,7-8H,6H2,1-3H3;4*1H4/q3*+1;;;;. The van der Waals surface area contributed by atoms with Crippen LogP contribution >= 0.6 is 0 Å². The molecule has 1 saturated carbocycles. The molecule has 1 aliphatic carbocycles. The van der Waals surface area contributed by atoms with Gasteiger partial charge in [0.15, 0.2) is 11.6 Å². The number of Topliss-reactive ketones (excluding diaryl/α,β-unsaturated/α-hetero) is 2. The van der Waals surface area contributed by atoms with E-state index >= 15 is 0 Å². The van der Waals surface area contributed by atoms with E-state index in [9.17, 15) is 9.59 Å². The Hall–Kier alpha value is -3.10. The van der Waals surface area contributed by atoms with Crippen molar-refractivity contribution in [1.82, 2.24) is 9.13 Å². The average molecular weight is 659 g/mol. The van der Waals surface area contributed by atoms with E-state index in [1.165, 1.54) is 32.8 Å². The van der Waals surface area contributed by atoms with Crippen LogP contribution in [0.1, 0.15) is 123 Å². The average Bonchev–Trinajstić information content (AvgIpc) is 3.70. The summed E-state index contributed by atoms with van der Waals surface area (Å²) in [5, 5.41) is 8.74. The second-order valence-corrected chi connectivity index (χ2v) is 13.3. The molecule has 1 N–H and O–H groups in total. The van der Waals surface area contributed by atoms with Crippen molar-refractivity contribution in [3.05, 3.63) is 49.7 Å². The Kier molecular flexibility index (Phi) is 25.7. The van der Waals surface area contributed by atoms with Crippen LogP contribution in [0.2, 0.25) is 0 Å². The van der Waals surface area contributed by atoms with Gasteiger partial charge in [-0.2, -0.15) is 0 Å². The SMILES string of the molecule is C.C.C.C.CC(=O)C[n+]1ccn(C(C)C)c1.CC(=O)C[n+]1ccn(CC2CCC(C(C)C)C2)c1.CC(C)CC[N+]1=CCC(=BO)C=C1. The van der Waals surface area contributed by atoms with Crippen LogP contribution in [0.15, 0.2) is 49.7 Å². The van der Waals surface area contributed by atoms with E-state index < -0.39 is 0 Å². The molecular formula is C38H73BN5O3+3. The molecule has 0 saturated heterocycles. The Morgan fingerprint density at radius 2 is 1.51 bits per heavy atom. The van der Waals surface area contributed by atoms with Crippen LogP contribution in [-0.4, -0.2) is 55.6 Å². The second kappa shape index (κ2) is 25.0. The van der Waals surface area contributed by atoms with Crippen molar-refractivity contribution in [3.8, 4) is 0 Å².